The number of fused-ring (bicyclic) bond motifs is 2. The number of halogens is 2. The maximum atomic E-state index is 13.8. The molecule has 0 saturated carbocycles. The van der Waals surface area contributed by atoms with Crippen molar-refractivity contribution in [1.82, 2.24) is 15.1 Å². The molecule has 226 valence electrons. The van der Waals surface area contributed by atoms with Crippen molar-refractivity contribution >= 4 is 40.8 Å². The molecule has 10 heteroatoms. The molecule has 0 aromatic heterocycles. The molecule has 3 aliphatic rings. The third-order valence-electron chi connectivity index (χ3n) is 9.14. The average molecular weight is 598 g/mol. The second-order valence-electron chi connectivity index (χ2n) is 12.0. The quantitative estimate of drug-likeness (QED) is 0.416. The highest BCUT2D eigenvalue weighted by Gasteiger charge is 2.41. The minimum atomic E-state index is -0.338. The summed E-state index contributed by atoms with van der Waals surface area (Å²) in [6.45, 7) is 6.25. The van der Waals surface area contributed by atoms with E-state index in [0.29, 0.717) is 55.3 Å². The first-order valence-electron chi connectivity index (χ1n) is 15.1. The summed E-state index contributed by atoms with van der Waals surface area (Å²) < 4.78 is 13.2. The highest BCUT2D eigenvalue weighted by molar-refractivity contribution is 6.31. The minimum absolute atomic E-state index is 0.0604. The van der Waals surface area contributed by atoms with Crippen molar-refractivity contribution in [2.75, 3.05) is 36.4 Å². The van der Waals surface area contributed by atoms with Crippen LogP contribution in [0.1, 0.15) is 57.4 Å². The Morgan fingerprint density at radius 1 is 1.00 bits per heavy atom. The van der Waals surface area contributed by atoms with E-state index in [0.717, 1.165) is 49.9 Å². The van der Waals surface area contributed by atoms with Gasteiger partial charge in [0.05, 0.1) is 0 Å². The lowest BCUT2D eigenvalue weighted by molar-refractivity contribution is -0.133. The van der Waals surface area contributed by atoms with E-state index in [1.807, 2.05) is 34.9 Å². The smallest absolute Gasteiger partial charge is 0.319 e. The molecule has 42 heavy (non-hydrogen) atoms. The van der Waals surface area contributed by atoms with Crippen molar-refractivity contribution < 1.29 is 18.8 Å². The van der Waals surface area contributed by atoms with Crippen molar-refractivity contribution in [2.45, 2.75) is 76.9 Å². The molecule has 2 aromatic rings. The summed E-state index contributed by atoms with van der Waals surface area (Å²) >= 11 is 6.47. The number of amides is 4. The molecule has 2 N–H and O–H groups in total. The largest absolute Gasteiger partial charge is 0.343 e. The first-order chi connectivity index (χ1) is 20.2. The van der Waals surface area contributed by atoms with E-state index in [1.165, 1.54) is 12.1 Å². The predicted molar refractivity (Wildman–Crippen MR) is 163 cm³/mol. The monoisotopic (exact) mass is 597 g/mol. The number of hydrogen-bond donors (Lipinski definition) is 2. The normalized spacial score (nSPS) is 22.6. The van der Waals surface area contributed by atoms with E-state index in [2.05, 4.69) is 15.5 Å². The third kappa shape index (κ3) is 7.24. The van der Waals surface area contributed by atoms with Gasteiger partial charge in [0, 0.05) is 73.5 Å². The number of likely N-dealkylation sites (tertiary alicyclic amines) is 1. The molecule has 8 nitrogen and oxygen atoms in total. The maximum Gasteiger partial charge on any atom is 0.319 e. The van der Waals surface area contributed by atoms with Crippen LogP contribution in [-0.4, -0.2) is 71.9 Å². The summed E-state index contributed by atoms with van der Waals surface area (Å²) in [5.41, 5.74) is 2.36. The Morgan fingerprint density at radius 3 is 2.29 bits per heavy atom. The number of hydrogen-bond acceptors (Lipinski definition) is 4. The molecule has 0 radical (unpaired) electrons. The average Bonchev–Trinajstić information content (AvgIpc) is 3.20. The summed E-state index contributed by atoms with van der Waals surface area (Å²) in [6.07, 6.45) is 6.17. The topological polar surface area (TPSA) is 85.0 Å². The van der Waals surface area contributed by atoms with Gasteiger partial charge in [-0.1, -0.05) is 17.7 Å². The van der Waals surface area contributed by atoms with Crippen molar-refractivity contribution in [2.24, 2.45) is 5.92 Å². The van der Waals surface area contributed by atoms with Gasteiger partial charge in [-0.05, 0) is 93.8 Å². The van der Waals surface area contributed by atoms with E-state index in [4.69, 9.17) is 11.6 Å². The van der Waals surface area contributed by atoms with Gasteiger partial charge in [0.15, 0.2) is 0 Å². The zero-order chi connectivity index (χ0) is 29.8. The van der Waals surface area contributed by atoms with Gasteiger partial charge in [-0.3, -0.25) is 14.5 Å². The number of aryl methyl sites for hydroxylation is 1. The predicted octanol–water partition coefficient (Wildman–Crippen LogP) is 5.59. The van der Waals surface area contributed by atoms with Crippen LogP contribution in [0.4, 0.5) is 20.6 Å². The molecule has 3 heterocycles. The molecule has 5 rings (SSSR count). The number of rotatable bonds is 8. The van der Waals surface area contributed by atoms with Crippen LogP contribution in [0.15, 0.2) is 42.5 Å². The van der Waals surface area contributed by atoms with Crippen LogP contribution in [0.25, 0.3) is 0 Å². The van der Waals surface area contributed by atoms with Crippen molar-refractivity contribution in [3.8, 4) is 0 Å². The Hall–Kier alpha value is -3.17. The molecule has 2 aromatic carbocycles. The Balaban J connectivity index is 1.16. The molecule has 4 amide bonds. The summed E-state index contributed by atoms with van der Waals surface area (Å²) in [5, 5.41) is 6.55. The lowest BCUT2D eigenvalue weighted by Crippen LogP contribution is -2.51. The SMILES string of the molecule is CC(=O)N1CCC(C(=O)N(CCCN2C3CCC2CC(NC(=O)Nc2ccc(F)cc2)C3)c2ccc(C)c(Cl)c2)CC1. The molecule has 2 bridgehead atoms. The molecule has 3 aliphatic heterocycles. The Morgan fingerprint density at radius 2 is 1.67 bits per heavy atom. The third-order valence-corrected chi connectivity index (χ3v) is 9.55. The van der Waals surface area contributed by atoms with Crippen LogP contribution >= 0.6 is 11.6 Å². The lowest BCUT2D eigenvalue weighted by atomic mass is 9.94. The van der Waals surface area contributed by atoms with Gasteiger partial charge in [-0.15, -0.1) is 0 Å². The summed E-state index contributed by atoms with van der Waals surface area (Å²) in [5.74, 6) is -0.281. The zero-order valence-corrected chi connectivity index (χ0v) is 25.2. The fourth-order valence-corrected chi connectivity index (χ4v) is 7.01. The van der Waals surface area contributed by atoms with Gasteiger partial charge >= 0.3 is 6.03 Å². The first kappa shape index (κ1) is 30.3. The van der Waals surface area contributed by atoms with Crippen molar-refractivity contribution in [3.63, 3.8) is 0 Å². The van der Waals surface area contributed by atoms with Gasteiger partial charge in [0.25, 0.3) is 0 Å². The maximum absolute atomic E-state index is 13.8. The fraction of sp³-hybridized carbons (Fsp3) is 0.531. The summed E-state index contributed by atoms with van der Waals surface area (Å²) in [6, 6.07) is 12.2. The molecule has 2 unspecified atom stereocenters. The number of benzene rings is 2. The molecule has 0 spiro atoms. The van der Waals surface area contributed by atoms with Gasteiger partial charge in [-0.25, -0.2) is 9.18 Å². The number of urea groups is 1. The van der Waals surface area contributed by atoms with E-state index in [-0.39, 0.29) is 35.6 Å². The van der Waals surface area contributed by atoms with Crippen molar-refractivity contribution in [3.05, 3.63) is 58.9 Å². The van der Waals surface area contributed by atoms with E-state index < -0.39 is 0 Å². The van der Waals surface area contributed by atoms with E-state index in [9.17, 15) is 18.8 Å². The Labute approximate surface area is 252 Å². The number of nitrogens with zero attached hydrogens (tertiary/aromatic N) is 3. The summed E-state index contributed by atoms with van der Waals surface area (Å²) in [4.78, 5) is 44.4. The zero-order valence-electron chi connectivity index (χ0n) is 24.5. The molecule has 3 saturated heterocycles. The molecule has 2 atom stereocenters. The molecular formula is C32H41ClFN5O3. The lowest BCUT2D eigenvalue weighted by Gasteiger charge is -2.39. The fourth-order valence-electron chi connectivity index (χ4n) is 6.83. The first-order valence-corrected chi connectivity index (χ1v) is 15.5. The van der Waals surface area contributed by atoms with Gasteiger partial charge in [0.2, 0.25) is 11.8 Å². The van der Waals surface area contributed by atoms with Gasteiger partial charge in [-0.2, -0.15) is 0 Å². The number of carbonyl (C=O) groups excluding carboxylic acids is 3. The van der Waals surface area contributed by atoms with Crippen molar-refractivity contribution in [1.29, 1.82) is 0 Å². The molecule has 3 fully saturated rings. The minimum Gasteiger partial charge on any atom is -0.343 e. The summed E-state index contributed by atoms with van der Waals surface area (Å²) in [7, 11) is 0. The van der Waals surface area contributed by atoms with Crippen LogP contribution < -0.4 is 15.5 Å². The van der Waals surface area contributed by atoms with Crippen LogP contribution in [0.5, 0.6) is 0 Å². The second-order valence-corrected chi connectivity index (χ2v) is 12.4. The van der Waals surface area contributed by atoms with Crippen LogP contribution in [0, 0.1) is 18.7 Å². The van der Waals surface area contributed by atoms with Crippen LogP contribution in [-0.2, 0) is 9.59 Å². The Bertz CT molecular complexity index is 1270. The van der Waals surface area contributed by atoms with E-state index in [1.54, 1.807) is 19.1 Å². The standard InChI is InChI=1S/C32H41ClFN5O3/c1-21-4-9-29(20-30(21)33)39(31(41)23-12-16-37(17-13-23)22(2)40)15-3-14-38-27-10-11-28(38)19-26(18-27)36-32(42)35-25-7-5-24(34)6-8-25/h4-9,20,23,26-28H,3,10-19H2,1-2H3,(H2,35,36,42). The number of nitrogens with one attached hydrogen (secondary N) is 2. The highest BCUT2D eigenvalue weighted by atomic mass is 35.5. The number of piperidine rings is 2. The Kier molecular flexibility index (Phi) is 9.68. The van der Waals surface area contributed by atoms with Gasteiger partial charge in [0.1, 0.15) is 5.82 Å². The highest BCUT2D eigenvalue weighted by Crippen LogP contribution is 2.36. The number of anilines is 2. The van der Waals surface area contributed by atoms with Crippen LogP contribution in [0.3, 0.4) is 0 Å². The van der Waals surface area contributed by atoms with E-state index >= 15 is 0 Å². The molecule has 0 aliphatic carbocycles. The van der Waals surface area contributed by atoms with Crippen LogP contribution in [0.2, 0.25) is 5.02 Å². The number of carbonyl (C=O) groups is 3. The second kappa shape index (κ2) is 13.4. The molecular weight excluding hydrogens is 557 g/mol. The van der Waals surface area contributed by atoms with Gasteiger partial charge < -0.3 is 20.4 Å².